The van der Waals surface area contributed by atoms with E-state index in [-0.39, 0.29) is 17.6 Å². The summed E-state index contributed by atoms with van der Waals surface area (Å²) in [6, 6.07) is 4.51. The number of nitrogens with zero attached hydrogens (tertiary/aromatic N) is 2. The molecule has 1 atom stereocenters. The lowest BCUT2D eigenvalue weighted by Gasteiger charge is -2.25. The maximum absolute atomic E-state index is 13.4. The average molecular weight is 314 g/mol. The Morgan fingerprint density at radius 1 is 1.35 bits per heavy atom. The highest BCUT2D eigenvalue weighted by atomic mass is 19.1. The highest BCUT2D eigenvalue weighted by molar-refractivity contribution is 5.90. The highest BCUT2D eigenvalue weighted by Gasteiger charge is 2.31. The van der Waals surface area contributed by atoms with Crippen molar-refractivity contribution in [3.8, 4) is 0 Å². The number of carbonyl (C=O) groups excluding carboxylic acids is 1. The Hall–Kier alpha value is -2.37. The second-order valence-corrected chi connectivity index (χ2v) is 6.27. The SMILES string of the molecule is Nc1c2c(nn1C(=O)C1CCNc3cc(F)ccc31)CCCC2. The monoisotopic (exact) mass is 314 g/mol. The maximum atomic E-state index is 13.4. The first-order valence-electron chi connectivity index (χ1n) is 8.09. The number of hydrogen-bond donors (Lipinski definition) is 2. The zero-order valence-electron chi connectivity index (χ0n) is 12.8. The third-order valence-electron chi connectivity index (χ3n) is 4.84. The topological polar surface area (TPSA) is 72.9 Å². The first kappa shape index (κ1) is 14.2. The summed E-state index contributed by atoms with van der Waals surface area (Å²) in [5, 5.41) is 7.61. The summed E-state index contributed by atoms with van der Waals surface area (Å²) in [6.45, 7) is 0.633. The van der Waals surface area contributed by atoms with Gasteiger partial charge in [0.15, 0.2) is 0 Å². The zero-order valence-corrected chi connectivity index (χ0v) is 12.8. The molecule has 120 valence electrons. The van der Waals surface area contributed by atoms with Crippen molar-refractivity contribution in [3.05, 3.63) is 40.8 Å². The number of hydrogen-bond acceptors (Lipinski definition) is 4. The number of benzene rings is 1. The Balaban J connectivity index is 1.72. The molecule has 0 saturated heterocycles. The van der Waals surface area contributed by atoms with Crippen molar-refractivity contribution in [1.82, 2.24) is 9.78 Å². The van der Waals surface area contributed by atoms with Crippen molar-refractivity contribution in [3.63, 3.8) is 0 Å². The molecule has 0 fully saturated rings. The maximum Gasteiger partial charge on any atom is 0.256 e. The molecule has 0 radical (unpaired) electrons. The summed E-state index contributed by atoms with van der Waals surface area (Å²) < 4.78 is 14.8. The fourth-order valence-electron chi connectivity index (χ4n) is 3.64. The largest absolute Gasteiger partial charge is 0.385 e. The molecule has 2 aliphatic rings. The van der Waals surface area contributed by atoms with Gasteiger partial charge in [-0.25, -0.2) is 4.39 Å². The lowest BCUT2D eigenvalue weighted by atomic mass is 9.90. The summed E-state index contributed by atoms with van der Waals surface area (Å²) in [7, 11) is 0. The van der Waals surface area contributed by atoms with E-state index in [1.54, 1.807) is 6.07 Å². The Morgan fingerprint density at radius 2 is 2.17 bits per heavy atom. The molecule has 4 rings (SSSR count). The third kappa shape index (κ3) is 2.29. The lowest BCUT2D eigenvalue weighted by molar-refractivity contribution is 0.0859. The minimum absolute atomic E-state index is 0.119. The van der Waals surface area contributed by atoms with Crippen LogP contribution in [0.2, 0.25) is 0 Å². The van der Waals surface area contributed by atoms with E-state index in [1.165, 1.54) is 16.8 Å². The van der Waals surface area contributed by atoms with E-state index < -0.39 is 0 Å². The number of nitrogens with one attached hydrogen (secondary N) is 1. The summed E-state index contributed by atoms with van der Waals surface area (Å²) >= 11 is 0. The van der Waals surface area contributed by atoms with Crippen LogP contribution in [0.25, 0.3) is 0 Å². The smallest absolute Gasteiger partial charge is 0.256 e. The first-order chi connectivity index (χ1) is 11.1. The van der Waals surface area contributed by atoms with Gasteiger partial charge in [0.25, 0.3) is 5.91 Å². The van der Waals surface area contributed by atoms with E-state index in [2.05, 4.69) is 10.4 Å². The molecule has 3 N–H and O–H groups in total. The zero-order chi connectivity index (χ0) is 16.0. The number of nitrogen functional groups attached to an aromatic ring is 1. The second kappa shape index (κ2) is 5.37. The Morgan fingerprint density at radius 3 is 3.00 bits per heavy atom. The van der Waals surface area contributed by atoms with Gasteiger partial charge in [0.05, 0.1) is 11.6 Å². The molecular weight excluding hydrogens is 295 g/mol. The Labute approximate surface area is 133 Å². The second-order valence-electron chi connectivity index (χ2n) is 6.27. The number of halogens is 1. The van der Waals surface area contributed by atoms with E-state index in [9.17, 15) is 9.18 Å². The van der Waals surface area contributed by atoms with Gasteiger partial charge < -0.3 is 11.1 Å². The van der Waals surface area contributed by atoms with Crippen LogP contribution in [0, 0.1) is 5.82 Å². The molecule has 23 heavy (non-hydrogen) atoms. The van der Waals surface area contributed by atoms with E-state index in [4.69, 9.17) is 5.73 Å². The van der Waals surface area contributed by atoms with Crippen LogP contribution in [0.1, 0.15) is 46.8 Å². The van der Waals surface area contributed by atoms with E-state index in [0.29, 0.717) is 24.5 Å². The van der Waals surface area contributed by atoms with Crippen molar-refractivity contribution in [2.24, 2.45) is 0 Å². The molecule has 6 heteroatoms. The number of fused-ring (bicyclic) bond motifs is 2. The molecular formula is C17H19FN4O. The quantitative estimate of drug-likeness (QED) is 0.849. The summed E-state index contributed by atoms with van der Waals surface area (Å²) in [5.74, 6) is -0.285. The van der Waals surface area contributed by atoms with E-state index >= 15 is 0 Å². The molecule has 2 aromatic rings. The fraction of sp³-hybridized carbons (Fsp3) is 0.412. The molecule has 0 saturated carbocycles. The van der Waals surface area contributed by atoms with Crippen LogP contribution < -0.4 is 11.1 Å². The highest BCUT2D eigenvalue weighted by Crippen LogP contribution is 2.34. The van der Waals surface area contributed by atoms with Gasteiger partial charge in [-0.15, -0.1) is 0 Å². The van der Waals surface area contributed by atoms with Gasteiger partial charge in [0.2, 0.25) is 0 Å². The molecule has 1 unspecified atom stereocenters. The van der Waals surface area contributed by atoms with Crippen LogP contribution in [0.15, 0.2) is 18.2 Å². The van der Waals surface area contributed by atoms with Crippen LogP contribution >= 0.6 is 0 Å². The summed E-state index contributed by atoms with van der Waals surface area (Å²) in [6.07, 6.45) is 4.61. The first-order valence-corrected chi connectivity index (χ1v) is 8.09. The fourth-order valence-corrected chi connectivity index (χ4v) is 3.64. The van der Waals surface area contributed by atoms with Crippen molar-refractivity contribution >= 4 is 17.4 Å². The molecule has 1 aliphatic heterocycles. The number of aryl methyl sites for hydroxylation is 1. The third-order valence-corrected chi connectivity index (χ3v) is 4.84. The van der Waals surface area contributed by atoms with Crippen LogP contribution in [-0.2, 0) is 12.8 Å². The van der Waals surface area contributed by atoms with Crippen molar-refractivity contribution in [2.75, 3.05) is 17.6 Å². The normalized spacial score (nSPS) is 19.6. The van der Waals surface area contributed by atoms with Gasteiger partial charge in [-0.3, -0.25) is 4.79 Å². The molecule has 1 aromatic heterocycles. The van der Waals surface area contributed by atoms with Crippen LogP contribution in [0.5, 0.6) is 0 Å². The van der Waals surface area contributed by atoms with Crippen molar-refractivity contribution < 1.29 is 9.18 Å². The van der Waals surface area contributed by atoms with Gasteiger partial charge in [-0.1, -0.05) is 6.07 Å². The van der Waals surface area contributed by atoms with Gasteiger partial charge >= 0.3 is 0 Å². The predicted octanol–water partition coefficient (Wildman–Crippen LogP) is 2.72. The van der Waals surface area contributed by atoms with Gasteiger partial charge in [0.1, 0.15) is 11.6 Å². The molecule has 0 spiro atoms. The number of carbonyl (C=O) groups is 1. The van der Waals surface area contributed by atoms with E-state index in [1.807, 2.05) is 0 Å². The van der Waals surface area contributed by atoms with Gasteiger partial charge in [-0.05, 0) is 49.8 Å². The predicted molar refractivity (Wildman–Crippen MR) is 86.2 cm³/mol. The summed E-state index contributed by atoms with van der Waals surface area (Å²) in [5.41, 5.74) is 9.66. The van der Waals surface area contributed by atoms with Crippen molar-refractivity contribution in [1.29, 1.82) is 0 Å². The number of anilines is 2. The molecule has 1 aromatic carbocycles. The van der Waals surface area contributed by atoms with Crippen LogP contribution in [0.4, 0.5) is 15.9 Å². The van der Waals surface area contributed by atoms with E-state index in [0.717, 1.165) is 42.5 Å². The molecule has 0 amide bonds. The van der Waals surface area contributed by atoms with Crippen LogP contribution in [0.3, 0.4) is 0 Å². The minimum atomic E-state index is -0.337. The average Bonchev–Trinajstić information content (AvgIpc) is 2.91. The Kier molecular flexibility index (Phi) is 3.32. The molecule has 1 aliphatic carbocycles. The lowest BCUT2D eigenvalue weighted by Crippen LogP contribution is -2.28. The van der Waals surface area contributed by atoms with Gasteiger partial charge in [0, 0.05) is 17.8 Å². The Bertz CT molecular complexity index is 783. The van der Waals surface area contributed by atoms with Gasteiger partial charge in [-0.2, -0.15) is 9.78 Å². The van der Waals surface area contributed by atoms with Crippen molar-refractivity contribution in [2.45, 2.75) is 38.0 Å². The molecule has 0 bridgehead atoms. The number of rotatable bonds is 1. The number of nitrogens with two attached hydrogens (primary N) is 1. The standard InChI is InChI=1S/C17H19FN4O/c18-10-5-6-11-12(7-8-20-15(11)9-10)17(23)22-16(19)13-3-1-2-4-14(13)21-22/h5-6,9,12,20H,1-4,7-8,19H2. The molecule has 2 heterocycles. The minimum Gasteiger partial charge on any atom is -0.385 e. The molecule has 5 nitrogen and oxygen atoms in total. The van der Waals surface area contributed by atoms with Crippen LogP contribution in [-0.4, -0.2) is 22.2 Å². The summed E-state index contributed by atoms with van der Waals surface area (Å²) in [4.78, 5) is 13.0. The number of aromatic nitrogens is 2.